The average molecular weight is 285 g/mol. The lowest BCUT2D eigenvalue weighted by Gasteiger charge is -2.23. The summed E-state index contributed by atoms with van der Waals surface area (Å²) in [6.45, 7) is 0.654. The van der Waals surface area contributed by atoms with Gasteiger partial charge in [-0.15, -0.1) is 0 Å². The maximum absolute atomic E-state index is 5.83. The Morgan fingerprint density at radius 1 is 1.50 bits per heavy atom. The number of nitrogens with two attached hydrogens (primary N) is 1. The molecule has 0 spiro atoms. The Bertz CT molecular complexity index is 339. The lowest BCUT2D eigenvalue weighted by atomic mass is 9.98. The smallest absolute Gasteiger partial charge is 0.144 e. The summed E-state index contributed by atoms with van der Waals surface area (Å²) < 4.78 is 0.895. The summed E-state index contributed by atoms with van der Waals surface area (Å²) in [4.78, 5) is 8.16. The highest BCUT2D eigenvalue weighted by Gasteiger charge is 2.24. The van der Waals surface area contributed by atoms with E-state index < -0.39 is 0 Å². The minimum atomic E-state index is 0.327. The first-order valence-corrected chi connectivity index (χ1v) is 6.52. The monoisotopic (exact) mass is 284 g/mol. The molecule has 1 aliphatic rings. The molecule has 1 atom stereocenters. The Morgan fingerprint density at radius 3 is 2.88 bits per heavy atom. The second-order valence-electron chi connectivity index (χ2n) is 4.25. The second-order valence-corrected chi connectivity index (χ2v) is 5.10. The number of halogens is 1. The van der Waals surface area contributed by atoms with Crippen molar-refractivity contribution >= 4 is 21.7 Å². The molecule has 0 radical (unpaired) electrons. The predicted molar refractivity (Wildman–Crippen MR) is 68.2 cm³/mol. The molecule has 5 heteroatoms. The summed E-state index contributed by atoms with van der Waals surface area (Å²) in [5, 5.41) is 3.42. The lowest BCUT2D eigenvalue weighted by molar-refractivity contribution is 0.461. The van der Waals surface area contributed by atoms with Crippen molar-refractivity contribution in [2.45, 2.75) is 31.7 Å². The topological polar surface area (TPSA) is 63.8 Å². The van der Waals surface area contributed by atoms with Crippen LogP contribution in [0.3, 0.4) is 0 Å². The minimum absolute atomic E-state index is 0.327. The Kier molecular flexibility index (Phi) is 4.12. The SMILES string of the molecule is NCC(Nc1ncncc1Br)C1CCCC1. The zero-order chi connectivity index (χ0) is 11.4. The molecule has 2 rings (SSSR count). The molecule has 0 aromatic carbocycles. The highest BCUT2D eigenvalue weighted by atomic mass is 79.9. The highest BCUT2D eigenvalue weighted by molar-refractivity contribution is 9.10. The van der Waals surface area contributed by atoms with Gasteiger partial charge in [0.15, 0.2) is 0 Å². The fraction of sp³-hybridized carbons (Fsp3) is 0.636. The van der Waals surface area contributed by atoms with E-state index in [0.717, 1.165) is 10.3 Å². The number of hydrogen-bond acceptors (Lipinski definition) is 4. The molecule has 0 bridgehead atoms. The van der Waals surface area contributed by atoms with Gasteiger partial charge in [0.1, 0.15) is 12.1 Å². The lowest BCUT2D eigenvalue weighted by Crippen LogP contribution is -2.35. The molecule has 4 nitrogen and oxygen atoms in total. The maximum Gasteiger partial charge on any atom is 0.144 e. The molecular weight excluding hydrogens is 268 g/mol. The third kappa shape index (κ3) is 2.71. The number of rotatable bonds is 4. The van der Waals surface area contributed by atoms with Crippen molar-refractivity contribution in [1.29, 1.82) is 0 Å². The van der Waals surface area contributed by atoms with E-state index in [1.807, 2.05) is 0 Å². The molecular formula is C11H17BrN4. The van der Waals surface area contributed by atoms with E-state index in [0.29, 0.717) is 18.5 Å². The van der Waals surface area contributed by atoms with Crippen LogP contribution < -0.4 is 11.1 Å². The van der Waals surface area contributed by atoms with Crippen LogP contribution in [0.15, 0.2) is 17.0 Å². The van der Waals surface area contributed by atoms with Gasteiger partial charge < -0.3 is 11.1 Å². The molecule has 88 valence electrons. The molecule has 1 fully saturated rings. The molecule has 16 heavy (non-hydrogen) atoms. The summed E-state index contributed by atoms with van der Waals surface area (Å²) in [7, 11) is 0. The fourth-order valence-electron chi connectivity index (χ4n) is 2.32. The largest absolute Gasteiger partial charge is 0.365 e. The second kappa shape index (κ2) is 5.59. The summed E-state index contributed by atoms with van der Waals surface area (Å²) >= 11 is 3.43. The van der Waals surface area contributed by atoms with Gasteiger partial charge in [0.25, 0.3) is 0 Å². The molecule has 1 aromatic rings. The fourth-order valence-corrected chi connectivity index (χ4v) is 2.66. The first-order chi connectivity index (χ1) is 7.81. The predicted octanol–water partition coefficient (Wildman–Crippen LogP) is 2.17. The van der Waals surface area contributed by atoms with E-state index in [1.165, 1.54) is 25.7 Å². The van der Waals surface area contributed by atoms with Crippen molar-refractivity contribution in [3.05, 3.63) is 17.0 Å². The van der Waals surface area contributed by atoms with Crippen molar-refractivity contribution < 1.29 is 0 Å². The van der Waals surface area contributed by atoms with Crippen molar-refractivity contribution in [3.63, 3.8) is 0 Å². The van der Waals surface area contributed by atoms with Crippen LogP contribution in [0.25, 0.3) is 0 Å². The van der Waals surface area contributed by atoms with Crippen molar-refractivity contribution in [1.82, 2.24) is 9.97 Å². The summed E-state index contributed by atoms with van der Waals surface area (Å²) in [6.07, 6.45) is 8.50. The van der Waals surface area contributed by atoms with Crippen LogP contribution in [0, 0.1) is 5.92 Å². The first kappa shape index (κ1) is 11.8. The molecule has 0 aliphatic heterocycles. The van der Waals surface area contributed by atoms with Crippen LogP contribution >= 0.6 is 15.9 Å². The van der Waals surface area contributed by atoms with Gasteiger partial charge in [0.05, 0.1) is 4.47 Å². The zero-order valence-corrected chi connectivity index (χ0v) is 10.8. The summed E-state index contributed by atoms with van der Waals surface area (Å²) in [5.74, 6) is 1.53. The minimum Gasteiger partial charge on any atom is -0.365 e. The number of nitrogens with one attached hydrogen (secondary N) is 1. The van der Waals surface area contributed by atoms with Crippen LogP contribution in [0.2, 0.25) is 0 Å². The zero-order valence-electron chi connectivity index (χ0n) is 9.19. The van der Waals surface area contributed by atoms with E-state index in [4.69, 9.17) is 5.73 Å². The quantitative estimate of drug-likeness (QED) is 0.890. The summed E-state index contributed by atoms with van der Waals surface area (Å²) in [6, 6.07) is 0.327. The van der Waals surface area contributed by atoms with Gasteiger partial charge in [-0.1, -0.05) is 12.8 Å². The van der Waals surface area contributed by atoms with Crippen LogP contribution in [0.1, 0.15) is 25.7 Å². The molecule has 1 aromatic heterocycles. The van der Waals surface area contributed by atoms with Gasteiger partial charge in [0.2, 0.25) is 0 Å². The molecule has 1 unspecified atom stereocenters. The van der Waals surface area contributed by atoms with Gasteiger partial charge in [-0.2, -0.15) is 0 Å². The normalized spacial score (nSPS) is 18.6. The maximum atomic E-state index is 5.83. The Morgan fingerprint density at radius 2 is 2.25 bits per heavy atom. The van der Waals surface area contributed by atoms with Crippen LogP contribution in [0.4, 0.5) is 5.82 Å². The molecule has 3 N–H and O–H groups in total. The van der Waals surface area contributed by atoms with E-state index in [2.05, 4.69) is 31.2 Å². The number of anilines is 1. The third-order valence-corrected chi connectivity index (χ3v) is 3.79. The Labute approximate surface area is 104 Å². The molecule has 1 saturated carbocycles. The van der Waals surface area contributed by atoms with E-state index in [-0.39, 0.29) is 0 Å². The number of aromatic nitrogens is 2. The van der Waals surface area contributed by atoms with E-state index in [9.17, 15) is 0 Å². The molecule has 1 aliphatic carbocycles. The number of hydrogen-bond donors (Lipinski definition) is 2. The van der Waals surface area contributed by atoms with Gasteiger partial charge in [0, 0.05) is 18.8 Å². The standard InChI is InChI=1S/C11H17BrN4/c12-9-6-14-7-15-11(9)16-10(5-13)8-3-1-2-4-8/h6-8,10H,1-5,13H2,(H,14,15,16). The van der Waals surface area contributed by atoms with Gasteiger partial charge >= 0.3 is 0 Å². The molecule has 1 heterocycles. The van der Waals surface area contributed by atoms with Crippen LogP contribution in [-0.2, 0) is 0 Å². The van der Waals surface area contributed by atoms with Crippen LogP contribution in [-0.4, -0.2) is 22.6 Å². The van der Waals surface area contributed by atoms with Gasteiger partial charge in [-0.05, 0) is 34.7 Å². The van der Waals surface area contributed by atoms with E-state index >= 15 is 0 Å². The van der Waals surface area contributed by atoms with Gasteiger partial charge in [-0.25, -0.2) is 9.97 Å². The average Bonchev–Trinajstić information content (AvgIpc) is 2.81. The summed E-state index contributed by atoms with van der Waals surface area (Å²) in [5.41, 5.74) is 5.83. The Hall–Kier alpha value is -0.680. The van der Waals surface area contributed by atoms with Crippen molar-refractivity contribution in [2.24, 2.45) is 11.7 Å². The van der Waals surface area contributed by atoms with Crippen molar-refractivity contribution in [3.8, 4) is 0 Å². The first-order valence-electron chi connectivity index (χ1n) is 5.73. The van der Waals surface area contributed by atoms with Gasteiger partial charge in [-0.3, -0.25) is 0 Å². The van der Waals surface area contributed by atoms with Crippen LogP contribution in [0.5, 0.6) is 0 Å². The van der Waals surface area contributed by atoms with E-state index in [1.54, 1.807) is 12.5 Å². The molecule has 0 amide bonds. The molecule has 0 saturated heterocycles. The highest BCUT2D eigenvalue weighted by Crippen LogP contribution is 2.29. The number of nitrogens with zero attached hydrogens (tertiary/aromatic N) is 2. The third-order valence-electron chi connectivity index (χ3n) is 3.21. The van der Waals surface area contributed by atoms with Crippen molar-refractivity contribution in [2.75, 3.05) is 11.9 Å². The Balaban J connectivity index is 2.03.